The van der Waals surface area contributed by atoms with Crippen LogP contribution in [0.4, 0.5) is 5.69 Å². The largest absolute Gasteiger partial charge is 0.483 e. The molecule has 5 nitrogen and oxygen atoms in total. The zero-order chi connectivity index (χ0) is 19.1. The van der Waals surface area contributed by atoms with Crippen molar-refractivity contribution in [3.05, 3.63) is 59.2 Å². The van der Waals surface area contributed by atoms with Crippen LogP contribution in [0.1, 0.15) is 35.3 Å². The maximum absolute atomic E-state index is 12.4. The molecule has 26 heavy (non-hydrogen) atoms. The molecule has 0 aliphatic carbocycles. The van der Waals surface area contributed by atoms with Gasteiger partial charge >= 0.3 is 0 Å². The van der Waals surface area contributed by atoms with Gasteiger partial charge < -0.3 is 15.0 Å². The van der Waals surface area contributed by atoms with E-state index in [0.717, 1.165) is 11.1 Å². The SMILES string of the molecule is CCN(CC)C(=O)c1cccc(NC(=O)COc2cccc(C)c2C)c1. The number of carbonyl (C=O) groups excluding carboxylic acids is 2. The van der Waals surface area contributed by atoms with Gasteiger partial charge in [-0.3, -0.25) is 9.59 Å². The van der Waals surface area contributed by atoms with Crippen LogP contribution in [0.5, 0.6) is 5.75 Å². The Balaban J connectivity index is 2.00. The van der Waals surface area contributed by atoms with E-state index in [4.69, 9.17) is 4.74 Å². The number of hydrogen-bond donors (Lipinski definition) is 1. The summed E-state index contributed by atoms with van der Waals surface area (Å²) in [6.45, 7) is 9.06. The minimum Gasteiger partial charge on any atom is -0.483 e. The molecule has 0 saturated carbocycles. The van der Waals surface area contributed by atoms with Crippen molar-refractivity contribution in [1.29, 1.82) is 0 Å². The van der Waals surface area contributed by atoms with E-state index in [0.29, 0.717) is 30.1 Å². The quantitative estimate of drug-likeness (QED) is 0.823. The maximum atomic E-state index is 12.4. The average Bonchev–Trinajstić information content (AvgIpc) is 2.64. The van der Waals surface area contributed by atoms with Gasteiger partial charge in [0, 0.05) is 24.3 Å². The molecule has 0 atom stereocenters. The van der Waals surface area contributed by atoms with Crippen molar-refractivity contribution < 1.29 is 14.3 Å². The highest BCUT2D eigenvalue weighted by Crippen LogP contribution is 2.20. The summed E-state index contributed by atoms with van der Waals surface area (Å²) in [5.41, 5.74) is 3.28. The van der Waals surface area contributed by atoms with Crippen LogP contribution in [0.15, 0.2) is 42.5 Å². The van der Waals surface area contributed by atoms with Crippen LogP contribution in [-0.2, 0) is 4.79 Å². The van der Waals surface area contributed by atoms with Gasteiger partial charge in [-0.1, -0.05) is 18.2 Å². The minimum absolute atomic E-state index is 0.0438. The molecule has 0 spiro atoms. The first kappa shape index (κ1) is 19.5. The molecule has 0 aromatic heterocycles. The maximum Gasteiger partial charge on any atom is 0.262 e. The van der Waals surface area contributed by atoms with Crippen LogP contribution in [0.3, 0.4) is 0 Å². The van der Waals surface area contributed by atoms with Crippen LogP contribution >= 0.6 is 0 Å². The molecule has 138 valence electrons. The Labute approximate surface area is 155 Å². The first-order valence-electron chi connectivity index (χ1n) is 8.84. The van der Waals surface area contributed by atoms with E-state index in [1.54, 1.807) is 29.2 Å². The Kier molecular flexibility index (Phi) is 6.78. The topological polar surface area (TPSA) is 58.6 Å². The summed E-state index contributed by atoms with van der Waals surface area (Å²) < 4.78 is 5.62. The van der Waals surface area contributed by atoms with Gasteiger partial charge in [-0.05, 0) is 63.1 Å². The Morgan fingerprint density at radius 2 is 1.73 bits per heavy atom. The fraction of sp³-hybridized carbons (Fsp3) is 0.333. The summed E-state index contributed by atoms with van der Waals surface area (Å²) in [6.07, 6.45) is 0. The van der Waals surface area contributed by atoms with Crippen molar-refractivity contribution in [1.82, 2.24) is 4.90 Å². The minimum atomic E-state index is -0.265. The molecule has 5 heteroatoms. The summed E-state index contributed by atoms with van der Waals surface area (Å²) >= 11 is 0. The lowest BCUT2D eigenvalue weighted by atomic mass is 10.1. The van der Waals surface area contributed by atoms with E-state index in [9.17, 15) is 9.59 Å². The van der Waals surface area contributed by atoms with Crippen LogP contribution in [0, 0.1) is 13.8 Å². The zero-order valence-electron chi connectivity index (χ0n) is 15.8. The molecule has 2 amide bonds. The van der Waals surface area contributed by atoms with Crippen LogP contribution < -0.4 is 10.1 Å². The number of nitrogens with zero attached hydrogens (tertiary/aromatic N) is 1. The summed E-state index contributed by atoms with van der Waals surface area (Å²) in [6, 6.07) is 12.7. The van der Waals surface area contributed by atoms with Gasteiger partial charge in [0.2, 0.25) is 0 Å². The van der Waals surface area contributed by atoms with Gasteiger partial charge in [0.05, 0.1) is 0 Å². The van der Waals surface area contributed by atoms with Crippen molar-refractivity contribution in [3.63, 3.8) is 0 Å². The van der Waals surface area contributed by atoms with Gasteiger partial charge in [-0.15, -0.1) is 0 Å². The summed E-state index contributed by atoms with van der Waals surface area (Å²) in [5, 5.41) is 2.78. The predicted molar refractivity (Wildman–Crippen MR) is 104 cm³/mol. The molecule has 0 unspecified atom stereocenters. The Morgan fingerprint density at radius 1 is 1.04 bits per heavy atom. The third-order valence-electron chi connectivity index (χ3n) is 4.36. The standard InChI is InChI=1S/C21H26N2O3/c1-5-23(6-2)21(25)17-10-8-11-18(13-17)22-20(24)14-26-19-12-7-9-15(3)16(19)4/h7-13H,5-6,14H2,1-4H3,(H,22,24). The van der Waals surface area contributed by atoms with E-state index in [1.807, 2.05) is 45.9 Å². The molecule has 2 rings (SSSR count). The van der Waals surface area contributed by atoms with Crippen molar-refractivity contribution in [3.8, 4) is 5.75 Å². The molecule has 0 fully saturated rings. The predicted octanol–water partition coefficient (Wildman–Crippen LogP) is 3.80. The molecule has 0 radical (unpaired) electrons. The molecule has 0 saturated heterocycles. The molecular formula is C21H26N2O3. The number of hydrogen-bond acceptors (Lipinski definition) is 3. The van der Waals surface area contributed by atoms with E-state index >= 15 is 0 Å². The number of aryl methyl sites for hydroxylation is 1. The second-order valence-corrected chi connectivity index (χ2v) is 6.09. The highest BCUT2D eigenvalue weighted by molar-refractivity contribution is 5.97. The monoisotopic (exact) mass is 354 g/mol. The lowest BCUT2D eigenvalue weighted by molar-refractivity contribution is -0.118. The number of anilines is 1. The van der Waals surface area contributed by atoms with Gasteiger partial charge in [0.25, 0.3) is 11.8 Å². The zero-order valence-corrected chi connectivity index (χ0v) is 15.8. The van der Waals surface area contributed by atoms with Crippen molar-refractivity contribution in [2.75, 3.05) is 25.0 Å². The molecule has 2 aromatic rings. The van der Waals surface area contributed by atoms with Crippen molar-refractivity contribution >= 4 is 17.5 Å². The molecule has 2 aromatic carbocycles. The van der Waals surface area contributed by atoms with Crippen molar-refractivity contribution in [2.45, 2.75) is 27.7 Å². The van der Waals surface area contributed by atoms with E-state index in [1.165, 1.54) is 0 Å². The highest BCUT2D eigenvalue weighted by atomic mass is 16.5. The first-order chi connectivity index (χ1) is 12.5. The highest BCUT2D eigenvalue weighted by Gasteiger charge is 2.13. The molecule has 0 aliphatic heterocycles. The third-order valence-corrected chi connectivity index (χ3v) is 4.36. The Bertz CT molecular complexity index is 783. The second kappa shape index (κ2) is 9.04. The van der Waals surface area contributed by atoms with Gasteiger partial charge in [-0.2, -0.15) is 0 Å². The van der Waals surface area contributed by atoms with Crippen LogP contribution in [0.2, 0.25) is 0 Å². The summed E-state index contributed by atoms with van der Waals surface area (Å²) in [7, 11) is 0. The summed E-state index contributed by atoms with van der Waals surface area (Å²) in [4.78, 5) is 26.3. The van der Waals surface area contributed by atoms with Gasteiger partial charge in [0.15, 0.2) is 6.61 Å². The number of nitrogens with one attached hydrogen (secondary N) is 1. The third kappa shape index (κ3) is 4.85. The van der Waals surface area contributed by atoms with Crippen LogP contribution in [0.25, 0.3) is 0 Å². The van der Waals surface area contributed by atoms with Gasteiger partial charge in [-0.25, -0.2) is 0 Å². The smallest absolute Gasteiger partial charge is 0.262 e. The number of ether oxygens (including phenoxy) is 1. The lowest BCUT2D eigenvalue weighted by Crippen LogP contribution is -2.30. The fourth-order valence-corrected chi connectivity index (χ4v) is 2.64. The Morgan fingerprint density at radius 3 is 2.42 bits per heavy atom. The normalized spacial score (nSPS) is 10.3. The van der Waals surface area contributed by atoms with E-state index in [2.05, 4.69) is 5.32 Å². The van der Waals surface area contributed by atoms with E-state index < -0.39 is 0 Å². The fourth-order valence-electron chi connectivity index (χ4n) is 2.64. The molecule has 0 aliphatic rings. The van der Waals surface area contributed by atoms with Gasteiger partial charge in [0.1, 0.15) is 5.75 Å². The molecule has 0 heterocycles. The number of benzene rings is 2. The second-order valence-electron chi connectivity index (χ2n) is 6.09. The van der Waals surface area contributed by atoms with Crippen LogP contribution in [-0.4, -0.2) is 36.4 Å². The lowest BCUT2D eigenvalue weighted by Gasteiger charge is -2.19. The molecule has 0 bridgehead atoms. The average molecular weight is 354 g/mol. The Hall–Kier alpha value is -2.82. The van der Waals surface area contributed by atoms with E-state index in [-0.39, 0.29) is 18.4 Å². The summed E-state index contributed by atoms with van der Waals surface area (Å²) in [5.74, 6) is 0.390. The van der Waals surface area contributed by atoms with Crippen molar-refractivity contribution in [2.24, 2.45) is 0 Å². The molecule has 1 N–H and O–H groups in total. The molecular weight excluding hydrogens is 328 g/mol. The number of carbonyl (C=O) groups is 2. The number of amides is 2. The number of rotatable bonds is 7. The first-order valence-corrected chi connectivity index (χ1v) is 8.84.